The van der Waals surface area contributed by atoms with Gasteiger partial charge in [0.05, 0.1) is 10.5 Å². The lowest BCUT2D eigenvalue weighted by molar-refractivity contribution is 0.0946. The Morgan fingerprint density at radius 2 is 2.05 bits per heavy atom. The highest BCUT2D eigenvalue weighted by atomic mass is 35.7. The van der Waals surface area contributed by atoms with Crippen LogP contribution in [0, 0.1) is 24.1 Å². The number of halogens is 2. The van der Waals surface area contributed by atoms with Gasteiger partial charge in [-0.25, -0.2) is 12.8 Å². The first kappa shape index (κ1) is 16.2. The van der Waals surface area contributed by atoms with E-state index in [2.05, 4.69) is 19.2 Å². The summed E-state index contributed by atoms with van der Waals surface area (Å²) >= 11 is 0. The Hall–Kier alpha value is -1.14. The summed E-state index contributed by atoms with van der Waals surface area (Å²) in [6.07, 6.45) is 1.00. The summed E-state index contributed by atoms with van der Waals surface area (Å²) in [5, 5.41) is 2.64. The van der Waals surface area contributed by atoms with E-state index in [0.29, 0.717) is 12.5 Å². The van der Waals surface area contributed by atoms with Crippen molar-refractivity contribution in [2.45, 2.75) is 32.1 Å². The minimum absolute atomic E-state index is 0.169. The summed E-state index contributed by atoms with van der Waals surface area (Å²) in [5.74, 6) is -1.02. The first-order valence-electron chi connectivity index (χ1n) is 6.55. The van der Waals surface area contributed by atoms with E-state index in [4.69, 9.17) is 10.7 Å². The van der Waals surface area contributed by atoms with Gasteiger partial charge in [0.25, 0.3) is 15.0 Å². The topological polar surface area (TPSA) is 63.2 Å². The van der Waals surface area contributed by atoms with Crippen molar-refractivity contribution in [3.63, 3.8) is 0 Å². The third-order valence-electron chi connectivity index (χ3n) is 4.00. The lowest BCUT2D eigenvalue weighted by Gasteiger charge is -2.10. The number of carbonyl (C=O) groups is 1. The molecule has 0 spiro atoms. The summed E-state index contributed by atoms with van der Waals surface area (Å²) in [7, 11) is 1.27. The molecule has 7 heteroatoms. The van der Waals surface area contributed by atoms with Crippen LogP contribution < -0.4 is 5.32 Å². The second-order valence-corrected chi connectivity index (χ2v) is 8.67. The van der Waals surface area contributed by atoms with E-state index in [-0.39, 0.29) is 21.4 Å². The molecule has 116 valence electrons. The van der Waals surface area contributed by atoms with Gasteiger partial charge in [-0.05, 0) is 42.4 Å². The van der Waals surface area contributed by atoms with Crippen LogP contribution in [0.25, 0.3) is 0 Å². The molecule has 0 radical (unpaired) electrons. The zero-order valence-electron chi connectivity index (χ0n) is 12.0. The zero-order chi connectivity index (χ0) is 16.0. The monoisotopic (exact) mass is 333 g/mol. The maximum Gasteiger partial charge on any atom is 0.261 e. The minimum Gasteiger partial charge on any atom is -0.352 e. The van der Waals surface area contributed by atoms with Crippen molar-refractivity contribution >= 4 is 25.6 Å². The van der Waals surface area contributed by atoms with Gasteiger partial charge in [0.1, 0.15) is 5.82 Å². The van der Waals surface area contributed by atoms with Gasteiger partial charge in [0, 0.05) is 17.2 Å². The molecule has 1 aliphatic rings. The third-order valence-corrected chi connectivity index (χ3v) is 5.46. The van der Waals surface area contributed by atoms with E-state index in [0.717, 1.165) is 18.6 Å². The lowest BCUT2D eigenvalue weighted by Crippen LogP contribution is -2.27. The molecule has 1 atom stereocenters. The normalized spacial score (nSPS) is 20.1. The van der Waals surface area contributed by atoms with Crippen molar-refractivity contribution in [1.29, 1.82) is 0 Å². The number of hydrogen-bond donors (Lipinski definition) is 1. The summed E-state index contributed by atoms with van der Waals surface area (Å²) in [6, 6.07) is 1.99. The van der Waals surface area contributed by atoms with Gasteiger partial charge in [0.15, 0.2) is 0 Å². The van der Waals surface area contributed by atoms with Crippen molar-refractivity contribution < 1.29 is 17.6 Å². The predicted molar refractivity (Wildman–Crippen MR) is 78.4 cm³/mol. The molecule has 1 saturated carbocycles. The number of rotatable bonds is 4. The Morgan fingerprint density at radius 1 is 1.48 bits per heavy atom. The standard InChI is InChI=1S/C14H17ClFNO3S/c1-8-4-11(16)10(5-12(8)21(15,19)20)13(18)17-7-9-6-14(9,2)3/h4-5,9H,6-7H2,1-3H3,(H,17,18). The molecule has 0 aliphatic heterocycles. The van der Waals surface area contributed by atoms with Gasteiger partial charge in [-0.3, -0.25) is 4.79 Å². The molecule has 1 N–H and O–H groups in total. The molecule has 4 nitrogen and oxygen atoms in total. The van der Waals surface area contributed by atoms with Crippen molar-refractivity contribution in [1.82, 2.24) is 5.32 Å². The van der Waals surface area contributed by atoms with Gasteiger partial charge in [-0.15, -0.1) is 0 Å². The summed E-state index contributed by atoms with van der Waals surface area (Å²) in [6.45, 7) is 6.05. The van der Waals surface area contributed by atoms with Crippen LogP contribution in [0.2, 0.25) is 0 Å². The van der Waals surface area contributed by atoms with Gasteiger partial charge >= 0.3 is 0 Å². The molecule has 21 heavy (non-hydrogen) atoms. The first-order valence-corrected chi connectivity index (χ1v) is 8.86. The summed E-state index contributed by atoms with van der Waals surface area (Å²) in [5.41, 5.74) is 0.0599. The summed E-state index contributed by atoms with van der Waals surface area (Å²) in [4.78, 5) is 11.8. The largest absolute Gasteiger partial charge is 0.352 e. The van der Waals surface area contributed by atoms with E-state index < -0.39 is 20.8 Å². The highest BCUT2D eigenvalue weighted by Crippen LogP contribution is 2.51. The van der Waals surface area contributed by atoms with Gasteiger partial charge < -0.3 is 5.32 Å². The Morgan fingerprint density at radius 3 is 2.52 bits per heavy atom. The number of benzene rings is 1. The van der Waals surface area contributed by atoms with Crippen molar-refractivity contribution in [2.24, 2.45) is 11.3 Å². The van der Waals surface area contributed by atoms with Crippen molar-refractivity contribution in [3.05, 3.63) is 29.1 Å². The molecule has 1 aliphatic carbocycles. The Balaban J connectivity index is 2.21. The van der Waals surface area contributed by atoms with Crippen LogP contribution in [-0.2, 0) is 9.05 Å². The van der Waals surface area contributed by atoms with E-state index in [1.54, 1.807) is 0 Å². The number of amides is 1. The second kappa shape index (κ2) is 5.25. The predicted octanol–water partition coefficient (Wildman–Crippen LogP) is 2.84. The molecule has 0 aromatic heterocycles. The van der Waals surface area contributed by atoms with Gasteiger partial charge in [0.2, 0.25) is 0 Å². The summed E-state index contributed by atoms with van der Waals surface area (Å²) < 4.78 is 36.7. The maximum atomic E-state index is 13.9. The van der Waals surface area contributed by atoms with Crippen molar-refractivity contribution in [3.8, 4) is 0 Å². The number of carbonyl (C=O) groups excluding carboxylic acids is 1. The van der Waals surface area contributed by atoms with Crippen LogP contribution in [-0.4, -0.2) is 20.9 Å². The van der Waals surface area contributed by atoms with E-state index in [1.165, 1.54) is 6.92 Å². The lowest BCUT2D eigenvalue weighted by atomic mass is 10.1. The molecule has 1 fully saturated rings. The molecule has 1 unspecified atom stereocenters. The number of hydrogen-bond acceptors (Lipinski definition) is 3. The maximum absolute atomic E-state index is 13.9. The molecule has 0 bridgehead atoms. The second-order valence-electron chi connectivity index (χ2n) is 6.14. The van der Waals surface area contributed by atoms with E-state index in [9.17, 15) is 17.6 Å². The average Bonchev–Trinajstić information content (AvgIpc) is 2.92. The molecule has 0 heterocycles. The Kier molecular flexibility index (Phi) is 4.06. The fourth-order valence-corrected chi connectivity index (χ4v) is 3.53. The van der Waals surface area contributed by atoms with Crippen LogP contribution in [0.1, 0.15) is 36.2 Å². The smallest absolute Gasteiger partial charge is 0.261 e. The quantitative estimate of drug-likeness (QED) is 0.862. The highest BCUT2D eigenvalue weighted by Gasteiger charge is 2.45. The van der Waals surface area contributed by atoms with Crippen LogP contribution in [0.15, 0.2) is 17.0 Å². The molecule has 0 saturated heterocycles. The molecular weight excluding hydrogens is 317 g/mol. The minimum atomic E-state index is -4.02. The molecular formula is C14H17ClFNO3S. The number of nitrogens with one attached hydrogen (secondary N) is 1. The zero-order valence-corrected chi connectivity index (χ0v) is 13.6. The van der Waals surface area contributed by atoms with E-state index in [1.807, 2.05) is 0 Å². The van der Waals surface area contributed by atoms with Crippen LogP contribution in [0.4, 0.5) is 4.39 Å². The van der Waals surface area contributed by atoms with Gasteiger partial charge in [-0.1, -0.05) is 13.8 Å². The molecule has 1 amide bonds. The molecule has 1 aromatic carbocycles. The van der Waals surface area contributed by atoms with Crippen LogP contribution in [0.3, 0.4) is 0 Å². The fourth-order valence-electron chi connectivity index (χ4n) is 2.33. The number of aryl methyl sites for hydroxylation is 1. The third kappa shape index (κ3) is 3.55. The Bertz CT molecular complexity index is 700. The average molecular weight is 334 g/mol. The molecule has 2 rings (SSSR count). The van der Waals surface area contributed by atoms with E-state index >= 15 is 0 Å². The van der Waals surface area contributed by atoms with Crippen LogP contribution in [0.5, 0.6) is 0 Å². The van der Waals surface area contributed by atoms with Crippen LogP contribution >= 0.6 is 10.7 Å². The SMILES string of the molecule is Cc1cc(F)c(C(=O)NCC2CC2(C)C)cc1S(=O)(=O)Cl. The first-order chi connectivity index (χ1) is 9.52. The van der Waals surface area contributed by atoms with Crippen molar-refractivity contribution in [2.75, 3.05) is 6.54 Å². The molecule has 1 aromatic rings. The highest BCUT2D eigenvalue weighted by molar-refractivity contribution is 8.13. The van der Waals surface area contributed by atoms with Gasteiger partial charge in [-0.2, -0.15) is 0 Å². The Labute approximate surface area is 128 Å². The fraction of sp³-hybridized carbons (Fsp3) is 0.500.